The van der Waals surface area contributed by atoms with E-state index >= 15 is 8.78 Å². The van der Waals surface area contributed by atoms with Crippen LogP contribution < -0.4 is 4.90 Å². The molecule has 4 aromatic rings. The number of pyridine rings is 1. The number of piperidine rings is 1. The number of nitrogens with zero attached hydrogens (tertiary/aromatic N) is 8. The minimum absolute atomic E-state index is 0.0621. The molecule has 14 heteroatoms. The molecule has 3 aliphatic heterocycles. The number of aliphatic hydroxyl groups is 1. The van der Waals surface area contributed by atoms with Gasteiger partial charge in [-0.2, -0.15) is 4.68 Å². The Morgan fingerprint density at radius 1 is 1.10 bits per heavy atom. The van der Waals surface area contributed by atoms with Crippen molar-refractivity contribution < 1.29 is 18.7 Å². The van der Waals surface area contributed by atoms with Gasteiger partial charge in [0.25, 0.3) is 0 Å². The molecule has 0 bridgehead atoms. The van der Waals surface area contributed by atoms with E-state index < -0.39 is 17.7 Å². The van der Waals surface area contributed by atoms with E-state index in [4.69, 9.17) is 11.6 Å². The van der Waals surface area contributed by atoms with Gasteiger partial charge >= 0.3 is 0 Å². The first kappa shape index (κ1) is 26.7. The van der Waals surface area contributed by atoms with Crippen LogP contribution in [0.15, 0.2) is 43.0 Å². The van der Waals surface area contributed by atoms with Crippen LogP contribution in [0.3, 0.4) is 0 Å². The lowest BCUT2D eigenvalue weighted by Gasteiger charge is -2.33. The summed E-state index contributed by atoms with van der Waals surface area (Å²) in [5.74, 6) is -0.659. The van der Waals surface area contributed by atoms with Gasteiger partial charge in [-0.1, -0.05) is 11.6 Å². The van der Waals surface area contributed by atoms with Gasteiger partial charge in [0.2, 0.25) is 5.91 Å². The van der Waals surface area contributed by atoms with Crippen molar-refractivity contribution in [2.75, 3.05) is 18.0 Å². The van der Waals surface area contributed by atoms with Crippen LogP contribution >= 0.6 is 11.6 Å². The van der Waals surface area contributed by atoms with E-state index in [0.29, 0.717) is 67.1 Å². The van der Waals surface area contributed by atoms with Crippen LogP contribution in [-0.2, 0) is 4.79 Å². The Balaban J connectivity index is 1.17. The number of amides is 1. The van der Waals surface area contributed by atoms with Crippen molar-refractivity contribution in [2.45, 2.75) is 50.3 Å². The maximum Gasteiger partial charge on any atom is 0.247 e. The Morgan fingerprint density at radius 2 is 1.98 bits per heavy atom. The van der Waals surface area contributed by atoms with Gasteiger partial charge in [-0.3, -0.25) is 4.79 Å². The van der Waals surface area contributed by atoms with Gasteiger partial charge in [-0.25, -0.2) is 18.7 Å². The lowest BCUT2D eigenvalue weighted by Crippen LogP contribution is -2.39. The number of rotatable bonds is 5. The Kier molecular flexibility index (Phi) is 6.70. The molecule has 3 aromatic heterocycles. The molecule has 0 radical (unpaired) electrons. The van der Waals surface area contributed by atoms with Crippen LogP contribution in [0.1, 0.15) is 49.5 Å². The summed E-state index contributed by atoms with van der Waals surface area (Å²) in [6, 6.07) is 4.09. The molecule has 0 aliphatic carbocycles. The largest absolute Gasteiger partial charge is 0.391 e. The maximum atomic E-state index is 15.6. The Morgan fingerprint density at radius 3 is 2.79 bits per heavy atom. The van der Waals surface area contributed by atoms with Gasteiger partial charge in [-0.05, 0) is 66.3 Å². The molecule has 3 aliphatic rings. The number of halogens is 3. The first-order valence-electron chi connectivity index (χ1n) is 13.8. The standard InChI is InChI=1S/C28H26ClF2N9O2/c29-19-4-6-21(39-14-34-36-37-39)24(26(19)31)15-10-16-3-5-22(40(16)23(42)11-15)27-33-12-20(35-27)18-7-8-32-28(25(18)30)38-9-1-2-17(41)13-38/h4,6-8,11-12,14,16-17,22,41H,1-3,5,9-10,13H2,(H,33,35)/t16-,17?,22+/m0/s1. The minimum atomic E-state index is -0.639. The van der Waals surface area contributed by atoms with E-state index in [1.165, 1.54) is 23.2 Å². The summed E-state index contributed by atoms with van der Waals surface area (Å²) in [5.41, 5.74) is 1.88. The number of fused-ring (bicyclic) bond motifs is 1. The molecule has 2 N–H and O–H groups in total. The number of aromatic nitrogens is 7. The topological polar surface area (TPSA) is 129 Å². The fraction of sp³-hybridized carbons (Fsp3) is 0.357. The van der Waals surface area contributed by atoms with Crippen molar-refractivity contribution in [1.29, 1.82) is 0 Å². The van der Waals surface area contributed by atoms with E-state index in [0.717, 1.165) is 6.42 Å². The van der Waals surface area contributed by atoms with Gasteiger partial charge in [0, 0.05) is 42.5 Å². The van der Waals surface area contributed by atoms with Crippen molar-refractivity contribution >= 4 is 28.9 Å². The van der Waals surface area contributed by atoms with Crippen molar-refractivity contribution in [1.82, 2.24) is 40.1 Å². The molecule has 1 aromatic carbocycles. The number of hydrogen-bond donors (Lipinski definition) is 2. The highest BCUT2D eigenvalue weighted by Gasteiger charge is 2.42. The number of carbonyl (C=O) groups excluding carboxylic acids is 1. The van der Waals surface area contributed by atoms with Crippen LogP contribution in [0.4, 0.5) is 14.6 Å². The molecular formula is C28H26ClF2N9O2. The van der Waals surface area contributed by atoms with Gasteiger partial charge < -0.3 is 19.9 Å². The number of aromatic amines is 1. The summed E-state index contributed by atoms with van der Waals surface area (Å²) < 4.78 is 32.3. The summed E-state index contributed by atoms with van der Waals surface area (Å²) in [7, 11) is 0. The lowest BCUT2D eigenvalue weighted by atomic mass is 9.92. The number of carbonyl (C=O) groups is 1. The molecule has 11 nitrogen and oxygen atoms in total. The molecule has 0 spiro atoms. The zero-order chi connectivity index (χ0) is 29.0. The number of imidazole rings is 1. The number of benzene rings is 1. The van der Waals surface area contributed by atoms with Crippen molar-refractivity contribution in [3.05, 3.63) is 71.0 Å². The second kappa shape index (κ2) is 10.6. The lowest BCUT2D eigenvalue weighted by molar-refractivity contribution is -0.129. The van der Waals surface area contributed by atoms with E-state index in [9.17, 15) is 9.90 Å². The number of β-amino-alcohol motifs (C(OH)–C–C–N with tert-alkyl or cyclic N) is 1. The summed E-state index contributed by atoms with van der Waals surface area (Å²) >= 11 is 6.13. The van der Waals surface area contributed by atoms with Crippen molar-refractivity contribution in [3.63, 3.8) is 0 Å². The second-order valence-corrected chi connectivity index (χ2v) is 11.2. The van der Waals surface area contributed by atoms with E-state index in [-0.39, 0.29) is 34.4 Å². The summed E-state index contributed by atoms with van der Waals surface area (Å²) in [4.78, 5) is 29.0. The smallest absolute Gasteiger partial charge is 0.247 e. The maximum absolute atomic E-state index is 15.6. The number of tetrazole rings is 1. The quantitative estimate of drug-likeness (QED) is 0.357. The molecule has 2 fully saturated rings. The van der Waals surface area contributed by atoms with Gasteiger partial charge in [0.1, 0.15) is 12.2 Å². The molecule has 3 atom stereocenters. The highest BCUT2D eigenvalue weighted by molar-refractivity contribution is 6.31. The predicted octanol–water partition coefficient (Wildman–Crippen LogP) is 3.86. The predicted molar refractivity (Wildman–Crippen MR) is 149 cm³/mol. The zero-order valence-electron chi connectivity index (χ0n) is 22.3. The number of H-pyrrole nitrogens is 1. The first-order chi connectivity index (χ1) is 20.4. The van der Waals surface area contributed by atoms with Crippen LogP contribution in [0.5, 0.6) is 0 Å². The molecule has 0 saturated carbocycles. The highest BCUT2D eigenvalue weighted by Crippen LogP contribution is 2.44. The van der Waals surface area contributed by atoms with E-state index in [2.05, 4.69) is 30.5 Å². The van der Waals surface area contributed by atoms with E-state index in [1.54, 1.807) is 34.3 Å². The average molecular weight is 594 g/mol. The van der Waals surface area contributed by atoms with Crippen LogP contribution in [0.2, 0.25) is 5.02 Å². The third-order valence-electron chi connectivity index (χ3n) is 8.27. The van der Waals surface area contributed by atoms with Crippen LogP contribution in [-0.4, -0.2) is 76.3 Å². The summed E-state index contributed by atoms with van der Waals surface area (Å²) in [5, 5.41) is 21.2. The number of nitrogens with one attached hydrogen (secondary N) is 1. The Hall–Kier alpha value is -4.23. The fourth-order valence-corrected chi connectivity index (χ4v) is 6.51. The minimum Gasteiger partial charge on any atom is -0.391 e. The van der Waals surface area contributed by atoms with Crippen LogP contribution in [0, 0.1) is 11.6 Å². The fourth-order valence-electron chi connectivity index (χ4n) is 6.36. The Bertz CT molecular complexity index is 1690. The third-order valence-corrected chi connectivity index (χ3v) is 8.56. The average Bonchev–Trinajstić information content (AvgIpc) is 3.76. The van der Waals surface area contributed by atoms with Gasteiger partial charge in [-0.15, -0.1) is 5.10 Å². The van der Waals surface area contributed by atoms with Gasteiger partial charge in [0.15, 0.2) is 17.5 Å². The molecular weight excluding hydrogens is 568 g/mol. The summed E-state index contributed by atoms with van der Waals surface area (Å²) in [6.07, 6.45) is 8.54. The molecule has 42 heavy (non-hydrogen) atoms. The molecule has 1 amide bonds. The molecule has 216 valence electrons. The first-order valence-corrected chi connectivity index (χ1v) is 14.1. The van der Waals surface area contributed by atoms with Gasteiger partial charge in [0.05, 0.1) is 34.7 Å². The molecule has 2 saturated heterocycles. The monoisotopic (exact) mass is 593 g/mol. The summed E-state index contributed by atoms with van der Waals surface area (Å²) in [6.45, 7) is 0.943. The number of anilines is 1. The van der Waals surface area contributed by atoms with Crippen LogP contribution in [0.25, 0.3) is 22.5 Å². The third kappa shape index (κ3) is 4.52. The molecule has 7 rings (SSSR count). The van der Waals surface area contributed by atoms with Crippen molar-refractivity contribution in [2.24, 2.45) is 0 Å². The Labute approximate surface area is 243 Å². The molecule has 1 unspecified atom stereocenters. The number of hydrogen-bond acceptors (Lipinski definition) is 8. The second-order valence-electron chi connectivity index (χ2n) is 10.8. The number of aliphatic hydroxyl groups excluding tert-OH is 1. The van der Waals surface area contributed by atoms with Crippen molar-refractivity contribution in [3.8, 4) is 16.9 Å². The SMILES string of the molecule is O=C1C=C(c2c(-n3cnnn3)ccc(Cl)c2F)C[C@@H]2CC[C@H](c3ncc(-c4ccnc(N5CCCC(O)C5)c4F)[nH]3)N12. The highest BCUT2D eigenvalue weighted by atomic mass is 35.5. The molecule has 6 heterocycles. The normalized spacial score (nSPS) is 22.4. The zero-order valence-corrected chi connectivity index (χ0v) is 23.0. The van der Waals surface area contributed by atoms with E-state index in [1.807, 2.05) is 0 Å².